The standard InChI is InChI=1S/C12H17ClN2O3S/c13-19(17,18)10-8-11(14-9-10)12(16)15-6-4-2-1-3-5-7-15/h8-9,14H,1-7H2. The van der Waals surface area contributed by atoms with Crippen LogP contribution >= 0.6 is 10.7 Å². The summed E-state index contributed by atoms with van der Waals surface area (Å²) in [5, 5.41) is 0. The van der Waals surface area contributed by atoms with E-state index in [9.17, 15) is 13.2 Å². The summed E-state index contributed by atoms with van der Waals surface area (Å²) < 4.78 is 22.3. The lowest BCUT2D eigenvalue weighted by molar-refractivity contribution is 0.0737. The highest BCUT2D eigenvalue weighted by Gasteiger charge is 2.20. The van der Waals surface area contributed by atoms with E-state index in [1.807, 2.05) is 0 Å². The number of carbonyl (C=O) groups excluding carboxylic acids is 1. The smallest absolute Gasteiger partial charge is 0.270 e. The normalized spacial score (nSPS) is 17.8. The number of hydrogen-bond acceptors (Lipinski definition) is 3. The number of likely N-dealkylation sites (tertiary alicyclic amines) is 1. The van der Waals surface area contributed by atoms with Gasteiger partial charge in [0.05, 0.1) is 0 Å². The van der Waals surface area contributed by atoms with Gasteiger partial charge >= 0.3 is 0 Å². The molecule has 0 bridgehead atoms. The second kappa shape index (κ2) is 5.96. The van der Waals surface area contributed by atoms with Crippen LogP contribution in [0, 0.1) is 0 Å². The van der Waals surface area contributed by atoms with Gasteiger partial charge in [-0.05, 0) is 18.9 Å². The molecule has 1 aliphatic heterocycles. The number of rotatable bonds is 2. The molecule has 1 aromatic rings. The van der Waals surface area contributed by atoms with Crippen LogP contribution in [-0.4, -0.2) is 37.3 Å². The Kier molecular flexibility index (Phi) is 4.52. The molecule has 2 heterocycles. The van der Waals surface area contributed by atoms with Crippen LogP contribution < -0.4 is 0 Å². The van der Waals surface area contributed by atoms with Gasteiger partial charge in [0, 0.05) is 30.0 Å². The molecule has 0 atom stereocenters. The highest BCUT2D eigenvalue weighted by Crippen LogP contribution is 2.18. The van der Waals surface area contributed by atoms with Gasteiger partial charge in [-0.2, -0.15) is 0 Å². The zero-order valence-corrected chi connectivity index (χ0v) is 12.1. The fourth-order valence-electron chi connectivity index (χ4n) is 2.26. The van der Waals surface area contributed by atoms with E-state index in [0.29, 0.717) is 0 Å². The summed E-state index contributed by atoms with van der Waals surface area (Å²) in [6.45, 7) is 1.45. The van der Waals surface area contributed by atoms with Gasteiger partial charge in [-0.1, -0.05) is 19.3 Å². The molecule has 1 aliphatic rings. The molecule has 106 valence electrons. The largest absolute Gasteiger partial charge is 0.356 e. The lowest BCUT2D eigenvalue weighted by Gasteiger charge is -2.24. The van der Waals surface area contributed by atoms with Gasteiger partial charge in [0.15, 0.2) is 0 Å². The SMILES string of the molecule is O=C(c1cc(S(=O)(=O)Cl)c[nH]1)N1CCCCCCC1. The van der Waals surface area contributed by atoms with Crippen molar-refractivity contribution in [3.8, 4) is 0 Å². The van der Waals surface area contributed by atoms with E-state index in [1.54, 1.807) is 4.90 Å². The van der Waals surface area contributed by atoms with Crippen molar-refractivity contribution in [3.05, 3.63) is 18.0 Å². The van der Waals surface area contributed by atoms with E-state index in [2.05, 4.69) is 4.98 Å². The van der Waals surface area contributed by atoms with Crippen LogP contribution in [0.5, 0.6) is 0 Å². The molecule has 0 saturated carbocycles. The number of amides is 1. The Morgan fingerprint density at radius 1 is 1.16 bits per heavy atom. The van der Waals surface area contributed by atoms with Crippen molar-refractivity contribution >= 4 is 25.6 Å². The molecule has 5 nitrogen and oxygen atoms in total. The van der Waals surface area contributed by atoms with E-state index < -0.39 is 9.05 Å². The molecule has 1 fully saturated rings. The molecule has 0 unspecified atom stereocenters. The Labute approximate surface area is 117 Å². The molecular weight excluding hydrogens is 288 g/mol. The van der Waals surface area contributed by atoms with Crippen molar-refractivity contribution in [2.45, 2.75) is 37.0 Å². The minimum atomic E-state index is -3.79. The van der Waals surface area contributed by atoms with Crippen molar-refractivity contribution in [2.75, 3.05) is 13.1 Å². The van der Waals surface area contributed by atoms with Gasteiger partial charge in [-0.3, -0.25) is 4.79 Å². The molecule has 2 rings (SSSR count). The fourth-order valence-corrected chi connectivity index (χ4v) is 2.99. The summed E-state index contributed by atoms with van der Waals surface area (Å²) >= 11 is 0. The number of hydrogen-bond donors (Lipinski definition) is 1. The first-order chi connectivity index (χ1) is 8.98. The first kappa shape index (κ1) is 14.4. The lowest BCUT2D eigenvalue weighted by atomic mass is 10.1. The molecule has 7 heteroatoms. The van der Waals surface area contributed by atoms with Crippen LogP contribution in [0.3, 0.4) is 0 Å². The average Bonchev–Trinajstić information content (AvgIpc) is 2.76. The van der Waals surface area contributed by atoms with Crippen LogP contribution in [0.25, 0.3) is 0 Å². The molecule has 1 amide bonds. The molecule has 0 aromatic carbocycles. The van der Waals surface area contributed by atoms with E-state index >= 15 is 0 Å². The maximum Gasteiger partial charge on any atom is 0.270 e. The predicted octanol–water partition coefficient (Wildman–Crippen LogP) is 2.35. The Balaban J connectivity index is 2.12. The van der Waals surface area contributed by atoms with Crippen molar-refractivity contribution in [1.29, 1.82) is 0 Å². The van der Waals surface area contributed by atoms with Gasteiger partial charge in [-0.25, -0.2) is 8.42 Å². The number of nitrogens with zero attached hydrogens (tertiary/aromatic N) is 1. The van der Waals surface area contributed by atoms with Gasteiger partial charge in [0.2, 0.25) is 0 Å². The Bertz CT molecular complexity index is 545. The summed E-state index contributed by atoms with van der Waals surface area (Å²) in [4.78, 5) is 16.7. The van der Waals surface area contributed by atoms with Crippen molar-refractivity contribution < 1.29 is 13.2 Å². The molecular formula is C12H17ClN2O3S. The van der Waals surface area contributed by atoms with E-state index in [-0.39, 0.29) is 16.5 Å². The molecule has 1 N–H and O–H groups in total. The summed E-state index contributed by atoms with van der Waals surface area (Å²) in [6, 6.07) is 1.30. The fraction of sp³-hybridized carbons (Fsp3) is 0.583. The molecule has 1 saturated heterocycles. The molecule has 0 radical (unpaired) electrons. The minimum absolute atomic E-state index is 0.0652. The quantitative estimate of drug-likeness (QED) is 0.853. The number of halogens is 1. The van der Waals surface area contributed by atoms with Crippen molar-refractivity contribution in [2.24, 2.45) is 0 Å². The first-order valence-corrected chi connectivity index (χ1v) is 8.72. The minimum Gasteiger partial charge on any atom is -0.356 e. The predicted molar refractivity (Wildman–Crippen MR) is 72.8 cm³/mol. The lowest BCUT2D eigenvalue weighted by Crippen LogP contribution is -2.34. The Morgan fingerprint density at radius 2 is 1.74 bits per heavy atom. The molecule has 0 aliphatic carbocycles. The third-order valence-corrected chi connectivity index (χ3v) is 4.65. The van der Waals surface area contributed by atoms with E-state index in [1.165, 1.54) is 18.7 Å². The number of carbonyl (C=O) groups is 1. The van der Waals surface area contributed by atoms with Gasteiger partial charge in [-0.15, -0.1) is 0 Å². The molecule has 19 heavy (non-hydrogen) atoms. The van der Waals surface area contributed by atoms with Crippen molar-refractivity contribution in [3.63, 3.8) is 0 Å². The number of aromatic nitrogens is 1. The van der Waals surface area contributed by atoms with E-state index in [4.69, 9.17) is 10.7 Å². The van der Waals surface area contributed by atoms with Gasteiger partial charge in [0.25, 0.3) is 15.0 Å². The van der Waals surface area contributed by atoms with Crippen LogP contribution in [0.2, 0.25) is 0 Å². The Hall–Kier alpha value is -1.01. The highest BCUT2D eigenvalue weighted by molar-refractivity contribution is 8.13. The zero-order valence-electron chi connectivity index (χ0n) is 10.6. The summed E-state index contributed by atoms with van der Waals surface area (Å²) in [6.07, 6.45) is 6.73. The molecule has 1 aromatic heterocycles. The number of H-pyrrole nitrogens is 1. The third kappa shape index (κ3) is 3.73. The second-order valence-corrected chi connectivity index (χ2v) is 7.31. The summed E-state index contributed by atoms with van der Waals surface area (Å²) in [5.74, 6) is -0.159. The first-order valence-electron chi connectivity index (χ1n) is 6.41. The molecule has 0 spiro atoms. The Morgan fingerprint density at radius 3 is 2.26 bits per heavy atom. The maximum absolute atomic E-state index is 12.3. The number of aromatic amines is 1. The summed E-state index contributed by atoms with van der Waals surface area (Å²) in [7, 11) is 1.45. The number of nitrogens with one attached hydrogen (secondary N) is 1. The third-order valence-electron chi connectivity index (χ3n) is 3.31. The topological polar surface area (TPSA) is 70.2 Å². The monoisotopic (exact) mass is 304 g/mol. The average molecular weight is 305 g/mol. The maximum atomic E-state index is 12.3. The van der Waals surface area contributed by atoms with Crippen LogP contribution in [0.15, 0.2) is 17.2 Å². The van der Waals surface area contributed by atoms with Crippen molar-refractivity contribution in [1.82, 2.24) is 9.88 Å². The second-order valence-electron chi connectivity index (χ2n) is 4.75. The van der Waals surface area contributed by atoms with Crippen LogP contribution in [0.4, 0.5) is 0 Å². The van der Waals surface area contributed by atoms with Gasteiger partial charge in [0.1, 0.15) is 10.6 Å². The highest BCUT2D eigenvalue weighted by atomic mass is 35.7. The van der Waals surface area contributed by atoms with Crippen LogP contribution in [-0.2, 0) is 9.05 Å². The van der Waals surface area contributed by atoms with E-state index in [0.717, 1.165) is 38.8 Å². The zero-order chi connectivity index (χ0) is 13.9. The van der Waals surface area contributed by atoms with Crippen LogP contribution in [0.1, 0.15) is 42.6 Å². The van der Waals surface area contributed by atoms with Gasteiger partial charge < -0.3 is 9.88 Å². The summed E-state index contributed by atoms with van der Waals surface area (Å²) in [5.41, 5.74) is 0.278.